The first-order valence-corrected chi connectivity index (χ1v) is 10.1. The maximum absolute atomic E-state index is 13.0. The third-order valence-corrected chi connectivity index (χ3v) is 5.51. The van der Waals surface area contributed by atoms with E-state index >= 15 is 0 Å². The minimum Gasteiger partial charge on any atom is -0.453 e. The summed E-state index contributed by atoms with van der Waals surface area (Å²) < 4.78 is 4.60. The van der Waals surface area contributed by atoms with Gasteiger partial charge in [0.05, 0.1) is 12.7 Å². The highest BCUT2D eigenvalue weighted by molar-refractivity contribution is 7.20. The molecule has 0 aliphatic rings. The van der Waals surface area contributed by atoms with Gasteiger partial charge in [0.25, 0.3) is 11.7 Å². The van der Waals surface area contributed by atoms with Gasteiger partial charge in [0, 0.05) is 22.2 Å². The van der Waals surface area contributed by atoms with E-state index in [0.717, 1.165) is 22.4 Å². The van der Waals surface area contributed by atoms with Crippen LogP contribution in [-0.4, -0.2) is 34.9 Å². The second-order valence-electron chi connectivity index (χ2n) is 6.63. The lowest BCUT2D eigenvalue weighted by atomic mass is 10.1. The molecule has 2 aromatic heterocycles. The Kier molecular flexibility index (Phi) is 5.50. The quantitative estimate of drug-likeness (QED) is 0.314. The molecule has 0 spiro atoms. The maximum atomic E-state index is 13.0. The van der Waals surface area contributed by atoms with Crippen LogP contribution in [0.15, 0.2) is 54.6 Å². The third kappa shape index (κ3) is 4.03. The van der Waals surface area contributed by atoms with Crippen molar-refractivity contribution in [1.29, 1.82) is 0 Å². The second-order valence-corrected chi connectivity index (χ2v) is 7.63. The number of nitrogens with zero attached hydrogens (tertiary/aromatic N) is 1. The summed E-state index contributed by atoms with van der Waals surface area (Å²) in [5.74, 6) is -1.46. The van der Waals surface area contributed by atoms with E-state index in [2.05, 4.69) is 25.3 Å². The number of rotatable bonds is 5. The number of aryl methyl sites for hydroxylation is 1. The van der Waals surface area contributed by atoms with Crippen LogP contribution in [0.1, 0.15) is 16.1 Å². The Hall–Kier alpha value is -3.98. The number of Topliss-reactive ketones (excluding diaryl/α,β-unsaturated/α-hetero) is 1. The van der Waals surface area contributed by atoms with Gasteiger partial charge in [-0.15, -0.1) is 0 Å². The number of aromatic amines is 1. The van der Waals surface area contributed by atoms with E-state index in [9.17, 15) is 14.4 Å². The number of methoxy groups -OCH3 is 1. The zero-order valence-electron chi connectivity index (χ0n) is 16.7. The molecule has 9 heteroatoms. The smallest absolute Gasteiger partial charge is 0.413 e. The van der Waals surface area contributed by atoms with Crippen LogP contribution in [0.2, 0.25) is 0 Å². The number of nitrogens with one attached hydrogen (secondary N) is 3. The fourth-order valence-corrected chi connectivity index (χ4v) is 4.10. The Labute approximate surface area is 181 Å². The first kappa shape index (κ1) is 20.3. The number of hydrogen-bond donors (Lipinski definition) is 3. The molecule has 0 atom stereocenters. The highest BCUT2D eigenvalue weighted by Gasteiger charge is 2.25. The summed E-state index contributed by atoms with van der Waals surface area (Å²) in [4.78, 5) is 44.9. The van der Waals surface area contributed by atoms with E-state index in [1.54, 1.807) is 13.0 Å². The molecular weight excluding hydrogens is 416 g/mol. The van der Waals surface area contributed by atoms with Crippen LogP contribution in [0.4, 0.5) is 14.9 Å². The minimum absolute atomic E-state index is 0.233. The molecule has 31 heavy (non-hydrogen) atoms. The van der Waals surface area contributed by atoms with Crippen LogP contribution in [0.5, 0.6) is 0 Å². The van der Waals surface area contributed by atoms with Gasteiger partial charge < -0.3 is 15.0 Å². The lowest BCUT2D eigenvalue weighted by molar-refractivity contribution is -0.112. The van der Waals surface area contributed by atoms with Crippen molar-refractivity contribution in [2.24, 2.45) is 0 Å². The van der Waals surface area contributed by atoms with Crippen LogP contribution < -0.4 is 10.6 Å². The largest absolute Gasteiger partial charge is 0.453 e. The van der Waals surface area contributed by atoms with Gasteiger partial charge in [0.15, 0.2) is 5.13 Å². The molecule has 3 N–H and O–H groups in total. The molecule has 2 heterocycles. The summed E-state index contributed by atoms with van der Waals surface area (Å²) in [5, 5.41) is 6.41. The zero-order chi connectivity index (χ0) is 22.0. The van der Waals surface area contributed by atoms with Gasteiger partial charge in [-0.1, -0.05) is 59.9 Å². The molecule has 0 fully saturated rings. The number of para-hydroxylation sites is 1. The molecule has 0 aliphatic carbocycles. The number of hydrogen-bond acceptors (Lipinski definition) is 6. The van der Waals surface area contributed by atoms with Crippen molar-refractivity contribution in [3.8, 4) is 11.3 Å². The van der Waals surface area contributed by atoms with Gasteiger partial charge in [-0.3, -0.25) is 14.9 Å². The SMILES string of the molecule is COC(=O)Nc1nc(-c2ccccc2)c(NC(=O)C(=O)c2c(C)[nH]c3ccccc23)s1. The number of anilines is 2. The van der Waals surface area contributed by atoms with Crippen molar-refractivity contribution in [3.63, 3.8) is 0 Å². The average Bonchev–Trinajstić information content (AvgIpc) is 3.33. The lowest BCUT2D eigenvalue weighted by Crippen LogP contribution is -2.23. The van der Waals surface area contributed by atoms with Crippen LogP contribution in [0.3, 0.4) is 0 Å². The molecule has 0 radical (unpaired) electrons. The Bertz CT molecular complexity index is 1290. The van der Waals surface area contributed by atoms with Crippen molar-refractivity contribution in [3.05, 3.63) is 65.9 Å². The summed E-state index contributed by atoms with van der Waals surface area (Å²) in [5.41, 5.74) is 2.88. The van der Waals surface area contributed by atoms with Crippen molar-refractivity contribution in [1.82, 2.24) is 9.97 Å². The average molecular weight is 434 g/mol. The predicted molar refractivity (Wildman–Crippen MR) is 120 cm³/mol. The van der Waals surface area contributed by atoms with E-state index in [1.165, 1.54) is 7.11 Å². The third-order valence-electron chi connectivity index (χ3n) is 4.62. The number of carbonyl (C=O) groups excluding carboxylic acids is 3. The number of H-pyrrole nitrogens is 1. The summed E-state index contributed by atoms with van der Waals surface area (Å²) in [7, 11) is 1.24. The number of thiazole rings is 1. The Balaban J connectivity index is 1.67. The van der Waals surface area contributed by atoms with Crippen LogP contribution in [-0.2, 0) is 9.53 Å². The first-order chi connectivity index (χ1) is 15.0. The number of ether oxygens (including phenoxy) is 1. The fraction of sp³-hybridized carbons (Fsp3) is 0.0909. The second kappa shape index (κ2) is 8.41. The first-order valence-electron chi connectivity index (χ1n) is 9.32. The predicted octanol–water partition coefficient (Wildman–Crippen LogP) is 4.60. The normalized spacial score (nSPS) is 10.6. The van der Waals surface area contributed by atoms with Crippen LogP contribution >= 0.6 is 11.3 Å². The molecule has 0 aliphatic heterocycles. The van der Waals surface area contributed by atoms with Gasteiger partial charge in [-0.25, -0.2) is 9.78 Å². The van der Waals surface area contributed by atoms with Gasteiger partial charge in [0.1, 0.15) is 10.7 Å². The van der Waals surface area contributed by atoms with Crippen molar-refractivity contribution in [2.45, 2.75) is 6.92 Å². The van der Waals surface area contributed by atoms with Gasteiger partial charge in [0.2, 0.25) is 0 Å². The van der Waals surface area contributed by atoms with Gasteiger partial charge >= 0.3 is 6.09 Å². The molecule has 0 bridgehead atoms. The summed E-state index contributed by atoms with van der Waals surface area (Å²) in [6.45, 7) is 1.75. The number of ketones is 1. The minimum atomic E-state index is -0.793. The fourth-order valence-electron chi connectivity index (χ4n) is 3.23. The van der Waals surface area contributed by atoms with Crippen molar-refractivity contribution >= 4 is 50.2 Å². The number of carbonyl (C=O) groups is 3. The van der Waals surface area contributed by atoms with E-state index in [-0.39, 0.29) is 5.13 Å². The molecular formula is C22H18N4O4S. The number of fused-ring (bicyclic) bond motifs is 1. The molecule has 156 valence electrons. The number of aromatic nitrogens is 2. The Morgan fingerprint density at radius 1 is 1.00 bits per heavy atom. The molecule has 0 unspecified atom stereocenters. The van der Waals surface area contributed by atoms with Crippen LogP contribution in [0, 0.1) is 6.92 Å². The lowest BCUT2D eigenvalue weighted by Gasteiger charge is -2.05. The van der Waals surface area contributed by atoms with E-state index < -0.39 is 17.8 Å². The topological polar surface area (TPSA) is 113 Å². The molecule has 8 nitrogen and oxygen atoms in total. The molecule has 2 aromatic carbocycles. The van der Waals surface area contributed by atoms with Gasteiger partial charge in [-0.05, 0) is 13.0 Å². The highest BCUT2D eigenvalue weighted by Crippen LogP contribution is 2.36. The Morgan fingerprint density at radius 2 is 1.71 bits per heavy atom. The summed E-state index contributed by atoms with van der Waals surface area (Å²) >= 11 is 1.03. The monoisotopic (exact) mass is 434 g/mol. The maximum Gasteiger partial charge on any atom is 0.413 e. The van der Waals surface area contributed by atoms with E-state index in [4.69, 9.17) is 0 Å². The Morgan fingerprint density at radius 3 is 2.45 bits per heavy atom. The van der Waals surface area contributed by atoms with Crippen LogP contribution in [0.25, 0.3) is 22.2 Å². The van der Waals surface area contributed by atoms with E-state index in [0.29, 0.717) is 27.3 Å². The molecule has 4 aromatic rings. The highest BCUT2D eigenvalue weighted by atomic mass is 32.1. The zero-order valence-corrected chi connectivity index (χ0v) is 17.5. The summed E-state index contributed by atoms with van der Waals surface area (Å²) in [6, 6.07) is 16.4. The molecule has 2 amide bonds. The molecule has 4 rings (SSSR count). The standard InChI is InChI=1S/C22H18N4O4S/c1-12-16(14-10-6-7-11-15(14)23-12)18(27)19(28)25-20-17(13-8-4-3-5-9-13)24-21(31-20)26-22(29)30-2/h3-11,23H,1-2H3,(H,25,28)(H,24,26,29). The van der Waals surface area contributed by atoms with E-state index in [1.807, 2.05) is 48.5 Å². The van der Waals surface area contributed by atoms with Gasteiger partial charge in [-0.2, -0.15) is 0 Å². The molecule has 0 saturated carbocycles. The van der Waals surface area contributed by atoms with Crippen molar-refractivity contribution < 1.29 is 19.1 Å². The summed E-state index contributed by atoms with van der Waals surface area (Å²) in [6.07, 6.45) is -0.684. The number of amides is 2. The number of benzene rings is 2. The molecule has 0 saturated heterocycles. The van der Waals surface area contributed by atoms with Crippen molar-refractivity contribution in [2.75, 3.05) is 17.7 Å².